The van der Waals surface area contributed by atoms with Gasteiger partial charge in [0.2, 0.25) is 0 Å². The number of imidazole rings is 1. The molecule has 1 aliphatic rings. The number of aliphatic hydroxyl groups excluding tert-OH is 2. The molecule has 11 nitrogen and oxygen atoms in total. The number of aromatic nitrogens is 4. The van der Waals surface area contributed by atoms with Crippen LogP contribution in [0.2, 0.25) is 0 Å². The maximum absolute atomic E-state index is 10.9. The van der Waals surface area contributed by atoms with Gasteiger partial charge in [-0.05, 0) is 6.42 Å². The normalized spacial score (nSPS) is 28.5. The van der Waals surface area contributed by atoms with Gasteiger partial charge >= 0.3 is 10.3 Å². The van der Waals surface area contributed by atoms with Gasteiger partial charge in [-0.15, -0.1) is 0 Å². The standard InChI is InChI=1S/C11H16N6O5S/c12-10-7-11(15-3-14-10)17(4-16-7)6-1-5(8(18)9(6)19)2-22-23(13,20)21/h3-6,8-9,18-19H,1-2H2,(H2,12,14,15)(H2,13,20,21)/t5-,6-,8-,9+/m0/s1. The van der Waals surface area contributed by atoms with Crippen LogP contribution in [0, 0.1) is 5.92 Å². The zero-order valence-electron chi connectivity index (χ0n) is 11.8. The van der Waals surface area contributed by atoms with Gasteiger partial charge in [0.15, 0.2) is 11.5 Å². The summed E-state index contributed by atoms with van der Waals surface area (Å²) in [7, 11) is -4.11. The molecule has 0 spiro atoms. The first kappa shape index (κ1) is 16.0. The smallest absolute Gasteiger partial charge is 0.333 e. The number of rotatable bonds is 4. The third-order valence-corrected chi connectivity index (χ3v) is 4.43. The molecule has 2 aromatic heterocycles. The van der Waals surface area contributed by atoms with Gasteiger partial charge in [0, 0.05) is 5.92 Å². The molecule has 23 heavy (non-hydrogen) atoms. The Balaban J connectivity index is 1.86. The molecule has 2 heterocycles. The van der Waals surface area contributed by atoms with Crippen molar-refractivity contribution < 1.29 is 22.8 Å². The van der Waals surface area contributed by atoms with Crippen molar-refractivity contribution in [2.45, 2.75) is 24.7 Å². The van der Waals surface area contributed by atoms with Crippen molar-refractivity contribution >= 4 is 27.3 Å². The monoisotopic (exact) mass is 344 g/mol. The Morgan fingerprint density at radius 2 is 2.04 bits per heavy atom. The van der Waals surface area contributed by atoms with Crippen molar-refractivity contribution in [1.29, 1.82) is 0 Å². The van der Waals surface area contributed by atoms with E-state index in [0.717, 1.165) is 0 Å². The zero-order valence-corrected chi connectivity index (χ0v) is 12.7. The molecule has 0 saturated heterocycles. The van der Waals surface area contributed by atoms with E-state index in [2.05, 4.69) is 19.1 Å². The van der Waals surface area contributed by atoms with E-state index < -0.39 is 34.5 Å². The van der Waals surface area contributed by atoms with Gasteiger partial charge in [0.05, 0.1) is 25.1 Å². The van der Waals surface area contributed by atoms with Gasteiger partial charge in [-0.2, -0.15) is 8.42 Å². The summed E-state index contributed by atoms with van der Waals surface area (Å²) in [6.07, 6.45) is 0.665. The first-order chi connectivity index (χ1) is 10.8. The average Bonchev–Trinajstić information content (AvgIpc) is 3.01. The highest BCUT2D eigenvalue weighted by atomic mass is 32.2. The summed E-state index contributed by atoms with van der Waals surface area (Å²) in [5, 5.41) is 25.1. The van der Waals surface area contributed by atoms with E-state index >= 15 is 0 Å². The summed E-state index contributed by atoms with van der Waals surface area (Å²) >= 11 is 0. The van der Waals surface area contributed by atoms with Crippen LogP contribution in [0.1, 0.15) is 12.5 Å². The van der Waals surface area contributed by atoms with Crippen molar-refractivity contribution in [3.63, 3.8) is 0 Å². The second-order valence-electron chi connectivity index (χ2n) is 5.40. The lowest BCUT2D eigenvalue weighted by atomic mass is 10.1. The maximum Gasteiger partial charge on any atom is 0.333 e. The van der Waals surface area contributed by atoms with E-state index in [1.54, 1.807) is 4.57 Å². The first-order valence-corrected chi connectivity index (χ1v) is 8.21. The Labute approximate surface area is 131 Å². The topological polar surface area (TPSA) is 179 Å². The number of nitrogen functional groups attached to an aromatic ring is 1. The summed E-state index contributed by atoms with van der Waals surface area (Å²) < 4.78 is 27.8. The number of nitrogens with two attached hydrogens (primary N) is 2. The van der Waals surface area contributed by atoms with Crippen LogP contribution in [-0.4, -0.2) is 57.0 Å². The Bertz CT molecular complexity index is 823. The molecule has 1 saturated carbocycles. The van der Waals surface area contributed by atoms with E-state index in [4.69, 9.17) is 10.9 Å². The lowest BCUT2D eigenvalue weighted by Crippen LogP contribution is -2.31. The minimum Gasteiger partial charge on any atom is -0.390 e. The number of nitrogens with zero attached hydrogens (tertiary/aromatic N) is 4. The highest BCUT2D eigenvalue weighted by Gasteiger charge is 2.43. The number of fused-ring (bicyclic) bond motifs is 1. The fraction of sp³-hybridized carbons (Fsp3) is 0.545. The summed E-state index contributed by atoms with van der Waals surface area (Å²) in [6.45, 7) is -0.322. The van der Waals surface area contributed by atoms with E-state index in [-0.39, 0.29) is 18.8 Å². The molecule has 0 amide bonds. The Hall–Kier alpha value is -1.86. The van der Waals surface area contributed by atoms with Crippen molar-refractivity contribution in [2.24, 2.45) is 11.1 Å². The van der Waals surface area contributed by atoms with Crippen LogP contribution in [0.5, 0.6) is 0 Å². The Morgan fingerprint density at radius 1 is 1.30 bits per heavy atom. The minimum atomic E-state index is -4.11. The summed E-state index contributed by atoms with van der Waals surface area (Å²) in [5.41, 5.74) is 6.52. The lowest BCUT2D eigenvalue weighted by Gasteiger charge is -2.18. The van der Waals surface area contributed by atoms with Gasteiger partial charge in [0.1, 0.15) is 17.9 Å². The maximum atomic E-state index is 10.9. The van der Waals surface area contributed by atoms with Crippen LogP contribution in [0.4, 0.5) is 5.82 Å². The van der Waals surface area contributed by atoms with Gasteiger partial charge < -0.3 is 20.5 Å². The molecule has 0 unspecified atom stereocenters. The Kier molecular flexibility index (Phi) is 3.93. The molecule has 2 aromatic rings. The van der Waals surface area contributed by atoms with E-state index in [9.17, 15) is 18.6 Å². The fourth-order valence-electron chi connectivity index (χ4n) is 2.84. The van der Waals surface area contributed by atoms with Gasteiger partial charge in [0.25, 0.3) is 0 Å². The minimum absolute atomic E-state index is 0.205. The van der Waals surface area contributed by atoms with Gasteiger partial charge in [-0.25, -0.2) is 20.1 Å². The van der Waals surface area contributed by atoms with Crippen LogP contribution >= 0.6 is 0 Å². The van der Waals surface area contributed by atoms with Crippen molar-refractivity contribution in [3.8, 4) is 0 Å². The lowest BCUT2D eigenvalue weighted by molar-refractivity contribution is -0.000990. The van der Waals surface area contributed by atoms with Crippen LogP contribution < -0.4 is 10.9 Å². The number of aliphatic hydroxyl groups is 2. The van der Waals surface area contributed by atoms with E-state index in [1.165, 1.54) is 12.7 Å². The Morgan fingerprint density at radius 3 is 2.74 bits per heavy atom. The average molecular weight is 344 g/mol. The third-order valence-electron chi connectivity index (χ3n) is 3.96. The van der Waals surface area contributed by atoms with Gasteiger partial charge in [-0.3, -0.25) is 4.18 Å². The zero-order chi connectivity index (χ0) is 16.8. The van der Waals surface area contributed by atoms with Crippen molar-refractivity contribution in [2.75, 3.05) is 12.3 Å². The van der Waals surface area contributed by atoms with Crippen molar-refractivity contribution in [3.05, 3.63) is 12.7 Å². The quantitative estimate of drug-likeness (QED) is 0.483. The highest BCUT2D eigenvalue weighted by molar-refractivity contribution is 7.84. The van der Waals surface area contributed by atoms with Crippen LogP contribution in [0.25, 0.3) is 11.2 Å². The molecular weight excluding hydrogens is 328 g/mol. The SMILES string of the molecule is Nc1ncnc2c1ncn2[C@H]1C[C@@H](COS(N)(=O)=O)[C@H](O)[C@@H]1O. The molecule has 1 fully saturated rings. The third kappa shape index (κ3) is 2.98. The highest BCUT2D eigenvalue weighted by Crippen LogP contribution is 2.37. The molecule has 0 aliphatic heterocycles. The second-order valence-corrected chi connectivity index (χ2v) is 6.63. The molecule has 0 radical (unpaired) electrons. The predicted octanol–water partition coefficient (Wildman–Crippen LogP) is -2.09. The molecule has 4 atom stereocenters. The van der Waals surface area contributed by atoms with Crippen LogP contribution in [-0.2, 0) is 14.5 Å². The predicted molar refractivity (Wildman–Crippen MR) is 78.0 cm³/mol. The number of anilines is 1. The largest absolute Gasteiger partial charge is 0.390 e. The number of hydrogen-bond acceptors (Lipinski definition) is 9. The summed E-state index contributed by atoms with van der Waals surface area (Å²) in [6, 6.07) is -0.557. The molecular formula is C11H16N6O5S. The number of hydrogen-bond donors (Lipinski definition) is 4. The van der Waals surface area contributed by atoms with Crippen LogP contribution in [0.3, 0.4) is 0 Å². The van der Waals surface area contributed by atoms with E-state index in [1.807, 2.05) is 0 Å². The molecule has 0 bridgehead atoms. The van der Waals surface area contributed by atoms with E-state index in [0.29, 0.717) is 11.2 Å². The molecule has 12 heteroatoms. The van der Waals surface area contributed by atoms with Crippen molar-refractivity contribution in [1.82, 2.24) is 19.5 Å². The second kappa shape index (κ2) is 5.65. The molecule has 0 aromatic carbocycles. The molecule has 1 aliphatic carbocycles. The summed E-state index contributed by atoms with van der Waals surface area (Å²) in [5.74, 6) is -0.402. The first-order valence-electron chi connectivity index (χ1n) is 6.74. The fourth-order valence-corrected chi connectivity index (χ4v) is 3.20. The van der Waals surface area contributed by atoms with Crippen LogP contribution in [0.15, 0.2) is 12.7 Å². The molecule has 6 N–H and O–H groups in total. The van der Waals surface area contributed by atoms with Gasteiger partial charge in [-0.1, -0.05) is 0 Å². The molecule has 126 valence electrons. The molecule has 3 rings (SSSR count). The summed E-state index contributed by atoms with van der Waals surface area (Å²) in [4.78, 5) is 12.0.